The number of rotatable bonds is 2. The predicted octanol–water partition coefficient (Wildman–Crippen LogP) is 3.11. The molecule has 0 fully saturated rings. The highest BCUT2D eigenvalue weighted by Gasteiger charge is 2.35. The second-order valence-electron chi connectivity index (χ2n) is 8.50. The molecule has 0 aliphatic heterocycles. The Balaban J connectivity index is 0.000000252. The Kier molecular flexibility index (Phi) is 12.1. The molecule has 4 atom stereocenters. The van der Waals surface area contributed by atoms with Crippen molar-refractivity contribution in [3.8, 4) is 0 Å². The summed E-state index contributed by atoms with van der Waals surface area (Å²) in [6.07, 6.45) is 20.5. The minimum Gasteiger partial charge on any atom is -0.747 e. The Morgan fingerprint density at radius 1 is 0.583 bits per heavy atom. The minimum absolute atomic E-state index is 0.259. The van der Waals surface area contributed by atoms with Crippen LogP contribution in [0.2, 0.25) is 0 Å². The molecule has 4 rings (SSSR count). The smallest absolute Gasteiger partial charge is 0.166 e. The molecule has 2 aliphatic rings. The molecule has 2 heterocycles. The highest BCUT2D eigenvalue weighted by Crippen LogP contribution is 2.31. The van der Waals surface area contributed by atoms with E-state index in [0.717, 1.165) is 0 Å². The summed E-state index contributed by atoms with van der Waals surface area (Å²) in [7, 11) is -8.53. The first-order valence-electron chi connectivity index (χ1n) is 11.2. The standard InChI is InChI=1S/2C8H12O3S.2C5H5N/c2*1-7-5-3-4-6-8(7,2)12(9,10)11;2*1-2-4-6-5-3-1/h2*3-7H,1-2H3,(H,9,10,11);2*1-5H. The van der Waals surface area contributed by atoms with Crippen molar-refractivity contribution in [2.24, 2.45) is 11.8 Å². The van der Waals surface area contributed by atoms with E-state index in [1.165, 1.54) is 26.0 Å². The van der Waals surface area contributed by atoms with E-state index in [9.17, 15) is 25.9 Å². The van der Waals surface area contributed by atoms with Crippen molar-refractivity contribution in [1.29, 1.82) is 0 Å². The average molecular weight is 535 g/mol. The molecule has 0 saturated carbocycles. The van der Waals surface area contributed by atoms with Gasteiger partial charge in [0.25, 0.3) is 0 Å². The second kappa shape index (κ2) is 14.0. The molecule has 2 N–H and O–H groups in total. The summed E-state index contributed by atoms with van der Waals surface area (Å²) < 4.78 is 62.7. The van der Waals surface area contributed by atoms with Gasteiger partial charge in [-0.1, -0.05) is 74.6 Å². The summed E-state index contributed by atoms with van der Waals surface area (Å²) in [5, 5.41) is 0. The monoisotopic (exact) mass is 534 g/mol. The molecular weight excluding hydrogens is 500 g/mol. The fourth-order valence-electron chi connectivity index (χ4n) is 2.95. The van der Waals surface area contributed by atoms with Crippen LogP contribution in [0.25, 0.3) is 0 Å². The SMILES string of the molecule is CC1C=CC=CC1(C)S(=O)(=O)[O-].CC1C=CC=CC1(C)S(=O)(=O)[O-].c1cc[nH+]cc1.c1cc[nH+]cc1. The normalized spacial score (nSPS) is 26.3. The fraction of sp³-hybridized carbons (Fsp3) is 0.308. The molecular formula is C26H34N2O6S2. The minimum atomic E-state index is -4.26. The van der Waals surface area contributed by atoms with E-state index < -0.39 is 29.7 Å². The topological polar surface area (TPSA) is 143 Å². The van der Waals surface area contributed by atoms with Crippen molar-refractivity contribution in [2.75, 3.05) is 0 Å². The molecule has 0 radical (unpaired) electrons. The largest absolute Gasteiger partial charge is 0.747 e. The summed E-state index contributed by atoms with van der Waals surface area (Å²) in [6, 6.07) is 11.7. The molecule has 10 heteroatoms. The number of hydrogen-bond donors (Lipinski definition) is 0. The van der Waals surface area contributed by atoms with Gasteiger partial charge >= 0.3 is 0 Å². The molecule has 2 aromatic rings. The van der Waals surface area contributed by atoms with Gasteiger partial charge in [0.15, 0.2) is 24.8 Å². The summed E-state index contributed by atoms with van der Waals surface area (Å²) in [6.45, 7) is 6.32. The van der Waals surface area contributed by atoms with Crippen LogP contribution in [-0.2, 0) is 20.2 Å². The Morgan fingerprint density at radius 3 is 1.03 bits per heavy atom. The zero-order chi connectivity index (χ0) is 27.3. The molecule has 2 aromatic heterocycles. The molecule has 0 amide bonds. The molecule has 0 spiro atoms. The van der Waals surface area contributed by atoms with Gasteiger partial charge < -0.3 is 9.11 Å². The van der Waals surface area contributed by atoms with E-state index in [1.54, 1.807) is 50.3 Å². The molecule has 2 aliphatic carbocycles. The first-order chi connectivity index (χ1) is 16.8. The van der Waals surface area contributed by atoms with Crippen molar-refractivity contribution in [1.82, 2.24) is 0 Å². The van der Waals surface area contributed by atoms with Gasteiger partial charge in [-0.2, -0.15) is 0 Å². The first-order valence-corrected chi connectivity index (χ1v) is 14.0. The maximum absolute atomic E-state index is 10.9. The number of pyridine rings is 2. The number of H-pyrrole nitrogens is 2. The Hall–Kier alpha value is -2.92. The number of hydrogen-bond acceptors (Lipinski definition) is 6. The van der Waals surface area contributed by atoms with Gasteiger partial charge in [-0.05, 0) is 25.7 Å². The number of nitrogens with one attached hydrogen (secondary N) is 2. The highest BCUT2D eigenvalue weighted by molar-refractivity contribution is 7.87. The third kappa shape index (κ3) is 9.27. The molecule has 36 heavy (non-hydrogen) atoms. The summed E-state index contributed by atoms with van der Waals surface area (Å²) in [4.78, 5) is 5.78. The van der Waals surface area contributed by atoms with Crippen molar-refractivity contribution < 1.29 is 35.9 Å². The maximum Gasteiger partial charge on any atom is 0.166 e. The molecule has 4 unspecified atom stereocenters. The summed E-state index contributed by atoms with van der Waals surface area (Å²) in [5.74, 6) is -0.519. The average Bonchev–Trinajstić information content (AvgIpc) is 2.85. The predicted molar refractivity (Wildman–Crippen MR) is 137 cm³/mol. The zero-order valence-corrected chi connectivity index (χ0v) is 22.4. The van der Waals surface area contributed by atoms with Crippen molar-refractivity contribution in [3.63, 3.8) is 0 Å². The van der Waals surface area contributed by atoms with Crippen LogP contribution in [-0.4, -0.2) is 35.4 Å². The van der Waals surface area contributed by atoms with E-state index in [4.69, 9.17) is 0 Å². The van der Waals surface area contributed by atoms with Crippen molar-refractivity contribution in [3.05, 3.63) is 110 Å². The van der Waals surface area contributed by atoms with Gasteiger partial charge in [0, 0.05) is 24.3 Å². The van der Waals surface area contributed by atoms with E-state index >= 15 is 0 Å². The lowest BCUT2D eigenvalue weighted by Crippen LogP contribution is -2.39. The number of aromatic amines is 2. The van der Waals surface area contributed by atoms with Crippen LogP contribution in [0.3, 0.4) is 0 Å². The van der Waals surface area contributed by atoms with Crippen LogP contribution < -0.4 is 9.97 Å². The Bertz CT molecular complexity index is 1090. The first kappa shape index (κ1) is 31.1. The van der Waals surface area contributed by atoms with Gasteiger partial charge in [-0.3, -0.25) is 0 Å². The van der Waals surface area contributed by atoms with E-state index in [-0.39, 0.29) is 11.8 Å². The van der Waals surface area contributed by atoms with E-state index in [2.05, 4.69) is 9.97 Å². The number of aromatic nitrogens is 2. The van der Waals surface area contributed by atoms with Crippen molar-refractivity contribution in [2.45, 2.75) is 37.2 Å². The Labute approximate surface area is 214 Å². The van der Waals surface area contributed by atoms with Crippen LogP contribution in [0.15, 0.2) is 110 Å². The van der Waals surface area contributed by atoms with Crippen LogP contribution in [0.5, 0.6) is 0 Å². The van der Waals surface area contributed by atoms with Crippen LogP contribution in [0.4, 0.5) is 0 Å². The second-order valence-corrected chi connectivity index (χ2v) is 12.1. The van der Waals surface area contributed by atoms with Crippen LogP contribution >= 0.6 is 0 Å². The van der Waals surface area contributed by atoms with Gasteiger partial charge in [-0.15, -0.1) is 0 Å². The molecule has 0 aromatic carbocycles. The third-order valence-corrected chi connectivity index (χ3v) is 9.15. The molecule has 0 saturated heterocycles. The van der Waals surface area contributed by atoms with Gasteiger partial charge in [0.1, 0.15) is 20.2 Å². The summed E-state index contributed by atoms with van der Waals surface area (Å²) >= 11 is 0. The van der Waals surface area contributed by atoms with Crippen LogP contribution in [0.1, 0.15) is 27.7 Å². The van der Waals surface area contributed by atoms with E-state index in [0.29, 0.717) is 0 Å². The van der Waals surface area contributed by atoms with E-state index in [1.807, 2.05) is 61.2 Å². The lowest BCUT2D eigenvalue weighted by molar-refractivity contribution is -0.378. The molecule has 0 bridgehead atoms. The maximum atomic E-state index is 10.9. The third-order valence-electron chi connectivity index (χ3n) is 5.98. The lowest BCUT2D eigenvalue weighted by Gasteiger charge is -2.35. The van der Waals surface area contributed by atoms with Gasteiger partial charge in [0.2, 0.25) is 0 Å². The fourth-order valence-corrected chi connectivity index (χ4v) is 4.50. The van der Waals surface area contributed by atoms with Gasteiger partial charge in [0.05, 0.1) is 9.49 Å². The lowest BCUT2D eigenvalue weighted by atomic mass is 9.91. The summed E-state index contributed by atoms with van der Waals surface area (Å²) in [5.41, 5.74) is 0. The molecule has 8 nitrogen and oxygen atoms in total. The number of allylic oxidation sites excluding steroid dienone is 6. The quantitative estimate of drug-likeness (QED) is 0.542. The van der Waals surface area contributed by atoms with Crippen molar-refractivity contribution >= 4 is 20.2 Å². The molecule has 196 valence electrons. The van der Waals surface area contributed by atoms with Crippen LogP contribution in [0, 0.1) is 11.8 Å². The zero-order valence-electron chi connectivity index (χ0n) is 20.8. The highest BCUT2D eigenvalue weighted by atomic mass is 32.2. The van der Waals surface area contributed by atoms with Gasteiger partial charge in [-0.25, -0.2) is 26.8 Å². The Morgan fingerprint density at radius 2 is 0.889 bits per heavy atom.